The molecule has 1 amide bonds. The number of hydrogen-bond acceptors (Lipinski definition) is 5. The first-order valence-electron chi connectivity index (χ1n) is 7.39. The van der Waals surface area contributed by atoms with Crippen molar-refractivity contribution in [2.75, 3.05) is 5.32 Å². The van der Waals surface area contributed by atoms with E-state index in [0.29, 0.717) is 4.88 Å². The van der Waals surface area contributed by atoms with Gasteiger partial charge >= 0.3 is 0 Å². The van der Waals surface area contributed by atoms with Crippen LogP contribution >= 0.6 is 22.7 Å². The van der Waals surface area contributed by atoms with Crippen LogP contribution in [0.2, 0.25) is 0 Å². The van der Waals surface area contributed by atoms with Crippen LogP contribution in [0.1, 0.15) is 15.4 Å². The predicted octanol–water partition coefficient (Wildman–Crippen LogP) is 4.98. The van der Waals surface area contributed by atoms with E-state index in [4.69, 9.17) is 0 Å². The fourth-order valence-electron chi connectivity index (χ4n) is 2.50. The average molecular weight is 351 g/mol. The van der Waals surface area contributed by atoms with E-state index in [-0.39, 0.29) is 5.91 Å². The van der Waals surface area contributed by atoms with Gasteiger partial charge in [-0.1, -0.05) is 12.1 Å². The quantitative estimate of drug-likeness (QED) is 0.566. The van der Waals surface area contributed by atoms with E-state index in [2.05, 4.69) is 15.3 Å². The molecule has 0 unspecified atom stereocenters. The Morgan fingerprint density at radius 2 is 2.04 bits per heavy atom. The molecule has 0 radical (unpaired) electrons. The molecule has 0 aliphatic rings. The second kappa shape index (κ2) is 6.14. The summed E-state index contributed by atoms with van der Waals surface area (Å²) in [5, 5.41) is 6.81. The molecule has 0 bridgehead atoms. The highest BCUT2D eigenvalue weighted by atomic mass is 32.1. The van der Waals surface area contributed by atoms with Crippen molar-refractivity contribution in [2.45, 2.75) is 6.92 Å². The molecule has 1 N–H and O–H groups in total. The molecule has 118 valence electrons. The molecule has 0 atom stereocenters. The Labute approximate surface area is 146 Å². The molecular weight excluding hydrogens is 338 g/mol. The molecule has 0 fully saturated rings. The standard InChI is InChI=1S/C18H13N3OS2/c1-11-16(24-18(20-11)15-8-4-10-23-15)17(22)21-14-7-2-6-13-12(14)5-3-9-19-13/h2-10H,1H3,(H,21,22). The number of nitrogens with one attached hydrogen (secondary N) is 1. The van der Waals surface area contributed by atoms with Crippen LogP contribution in [0, 0.1) is 6.92 Å². The zero-order valence-corrected chi connectivity index (χ0v) is 14.4. The number of nitrogens with zero attached hydrogens (tertiary/aromatic N) is 2. The maximum absolute atomic E-state index is 12.7. The first-order valence-corrected chi connectivity index (χ1v) is 9.08. The lowest BCUT2D eigenvalue weighted by molar-refractivity contribution is 0.103. The second-order valence-corrected chi connectivity index (χ2v) is 7.19. The van der Waals surface area contributed by atoms with Gasteiger partial charge in [0.05, 0.1) is 21.8 Å². The van der Waals surface area contributed by atoms with Crippen molar-refractivity contribution >= 4 is 45.2 Å². The lowest BCUT2D eigenvalue weighted by Crippen LogP contribution is -2.11. The number of anilines is 1. The summed E-state index contributed by atoms with van der Waals surface area (Å²) in [6.07, 6.45) is 1.74. The van der Waals surface area contributed by atoms with Crippen molar-refractivity contribution in [3.05, 3.63) is 64.6 Å². The summed E-state index contributed by atoms with van der Waals surface area (Å²) in [6, 6.07) is 13.5. The van der Waals surface area contributed by atoms with Gasteiger partial charge < -0.3 is 5.32 Å². The topological polar surface area (TPSA) is 54.9 Å². The fraction of sp³-hybridized carbons (Fsp3) is 0.0556. The molecule has 4 aromatic rings. The number of fused-ring (bicyclic) bond motifs is 1. The molecule has 24 heavy (non-hydrogen) atoms. The molecule has 4 nitrogen and oxygen atoms in total. The third-order valence-corrected chi connectivity index (χ3v) is 5.82. The summed E-state index contributed by atoms with van der Waals surface area (Å²) in [5.41, 5.74) is 2.37. The van der Waals surface area contributed by atoms with E-state index in [9.17, 15) is 4.79 Å². The number of thiazole rings is 1. The first-order chi connectivity index (χ1) is 11.7. The highest BCUT2D eigenvalue weighted by Crippen LogP contribution is 2.32. The summed E-state index contributed by atoms with van der Waals surface area (Å²) >= 11 is 3.05. The normalized spacial score (nSPS) is 10.9. The van der Waals surface area contributed by atoms with Crippen LogP contribution in [0.3, 0.4) is 0 Å². The maximum atomic E-state index is 12.7. The predicted molar refractivity (Wildman–Crippen MR) is 99.9 cm³/mol. The molecule has 3 aromatic heterocycles. The van der Waals surface area contributed by atoms with Gasteiger partial charge in [-0.3, -0.25) is 9.78 Å². The van der Waals surface area contributed by atoms with E-state index >= 15 is 0 Å². The first kappa shape index (κ1) is 15.0. The van der Waals surface area contributed by atoms with Gasteiger partial charge in [0.2, 0.25) is 0 Å². The van der Waals surface area contributed by atoms with Gasteiger partial charge in [-0.15, -0.1) is 22.7 Å². The molecule has 4 rings (SSSR count). The molecular formula is C18H13N3OS2. The van der Waals surface area contributed by atoms with Crippen molar-refractivity contribution < 1.29 is 4.79 Å². The third-order valence-electron chi connectivity index (χ3n) is 3.63. The summed E-state index contributed by atoms with van der Waals surface area (Å²) < 4.78 is 0. The number of pyridine rings is 1. The number of carbonyl (C=O) groups excluding carboxylic acids is 1. The molecule has 0 aliphatic heterocycles. The van der Waals surface area contributed by atoms with Crippen molar-refractivity contribution in [2.24, 2.45) is 0 Å². The van der Waals surface area contributed by atoms with Crippen molar-refractivity contribution in [3.63, 3.8) is 0 Å². The SMILES string of the molecule is Cc1nc(-c2cccs2)sc1C(=O)Nc1cccc2ncccc12. The van der Waals surface area contributed by atoms with Gasteiger partial charge in [-0.2, -0.15) is 0 Å². The van der Waals surface area contributed by atoms with E-state index in [0.717, 1.165) is 32.2 Å². The Morgan fingerprint density at radius 3 is 2.88 bits per heavy atom. The molecule has 0 spiro atoms. The maximum Gasteiger partial charge on any atom is 0.267 e. The van der Waals surface area contributed by atoms with Crippen molar-refractivity contribution in [1.82, 2.24) is 9.97 Å². The number of rotatable bonds is 3. The van der Waals surface area contributed by atoms with Gasteiger partial charge in [-0.05, 0) is 42.6 Å². The van der Waals surface area contributed by atoms with Crippen molar-refractivity contribution in [3.8, 4) is 9.88 Å². The number of benzene rings is 1. The molecule has 6 heteroatoms. The Kier molecular flexibility index (Phi) is 3.84. The van der Waals surface area contributed by atoms with Crippen LogP contribution in [0.15, 0.2) is 54.0 Å². The fourth-order valence-corrected chi connectivity index (χ4v) is 4.26. The third kappa shape index (κ3) is 2.70. The highest BCUT2D eigenvalue weighted by Gasteiger charge is 2.17. The minimum absolute atomic E-state index is 0.135. The molecule has 3 heterocycles. The lowest BCUT2D eigenvalue weighted by atomic mass is 10.2. The van der Waals surface area contributed by atoms with Gasteiger partial charge in [0.25, 0.3) is 5.91 Å². The van der Waals surface area contributed by atoms with E-state index < -0.39 is 0 Å². The molecule has 1 aromatic carbocycles. The highest BCUT2D eigenvalue weighted by molar-refractivity contribution is 7.22. The summed E-state index contributed by atoms with van der Waals surface area (Å²) in [4.78, 5) is 23.3. The summed E-state index contributed by atoms with van der Waals surface area (Å²) in [5.74, 6) is -0.135. The number of amides is 1. The van der Waals surface area contributed by atoms with Crippen LogP contribution in [-0.4, -0.2) is 15.9 Å². The molecule has 0 aliphatic carbocycles. The van der Waals surface area contributed by atoms with Crippen LogP contribution in [-0.2, 0) is 0 Å². The molecule has 0 saturated heterocycles. The smallest absolute Gasteiger partial charge is 0.267 e. The van der Waals surface area contributed by atoms with Crippen molar-refractivity contribution in [1.29, 1.82) is 0 Å². The van der Waals surface area contributed by atoms with Crippen LogP contribution in [0.4, 0.5) is 5.69 Å². The lowest BCUT2D eigenvalue weighted by Gasteiger charge is -2.07. The summed E-state index contributed by atoms with van der Waals surface area (Å²) in [6.45, 7) is 1.87. The number of hydrogen-bond donors (Lipinski definition) is 1. The second-order valence-electron chi connectivity index (χ2n) is 5.24. The molecule has 0 saturated carbocycles. The van der Waals surface area contributed by atoms with Crippen LogP contribution in [0.25, 0.3) is 20.8 Å². The van der Waals surface area contributed by atoms with E-state index in [1.54, 1.807) is 17.5 Å². The minimum Gasteiger partial charge on any atom is -0.321 e. The Balaban J connectivity index is 1.67. The number of thiophene rings is 1. The zero-order valence-electron chi connectivity index (χ0n) is 12.8. The van der Waals surface area contributed by atoms with Gasteiger partial charge in [0.1, 0.15) is 9.88 Å². The largest absolute Gasteiger partial charge is 0.321 e. The van der Waals surface area contributed by atoms with Gasteiger partial charge in [0.15, 0.2) is 0 Å². The minimum atomic E-state index is -0.135. The van der Waals surface area contributed by atoms with Crippen LogP contribution in [0.5, 0.6) is 0 Å². The average Bonchev–Trinajstić information content (AvgIpc) is 3.24. The van der Waals surface area contributed by atoms with Gasteiger partial charge in [0, 0.05) is 11.6 Å². The number of aryl methyl sites for hydroxylation is 1. The monoisotopic (exact) mass is 351 g/mol. The summed E-state index contributed by atoms with van der Waals surface area (Å²) in [7, 11) is 0. The van der Waals surface area contributed by atoms with E-state index in [1.807, 2.05) is 54.8 Å². The van der Waals surface area contributed by atoms with Crippen LogP contribution < -0.4 is 5.32 Å². The Bertz CT molecular complexity index is 1020. The number of aromatic nitrogens is 2. The van der Waals surface area contributed by atoms with E-state index in [1.165, 1.54) is 11.3 Å². The number of carbonyl (C=O) groups is 1. The Morgan fingerprint density at radius 1 is 1.12 bits per heavy atom. The Hall–Kier alpha value is -2.57. The zero-order chi connectivity index (χ0) is 16.5. The van der Waals surface area contributed by atoms with Gasteiger partial charge in [-0.25, -0.2) is 4.98 Å².